The molecule has 0 atom stereocenters. The van der Waals surface area contributed by atoms with E-state index in [-0.39, 0.29) is 17.1 Å². The third-order valence-electron chi connectivity index (χ3n) is 0. The van der Waals surface area contributed by atoms with Gasteiger partial charge in [0.2, 0.25) is 0 Å². The molecule has 0 radical (unpaired) electrons. The van der Waals surface area contributed by atoms with Crippen molar-refractivity contribution in [2.24, 2.45) is 0 Å². The van der Waals surface area contributed by atoms with Crippen LogP contribution in [-0.2, 0) is 27.5 Å². The molecular weight excluding hydrogens is 276 g/mol. The first-order valence-corrected chi connectivity index (χ1v) is 3.10. The zero-order chi connectivity index (χ0) is 11.7. The molecule has 0 amide bonds. The Morgan fingerprint density at radius 1 is 0.786 bits per heavy atom. The van der Waals surface area contributed by atoms with E-state index in [1.165, 1.54) is 0 Å². The number of hydrogen-bond acceptors (Lipinski definition) is 10. The maximum Gasteiger partial charge on any atom is 0.0689 e. The van der Waals surface area contributed by atoms with Crippen molar-refractivity contribution >= 4 is 10.4 Å². The zero-order valence-electron chi connectivity index (χ0n) is 5.74. The van der Waals surface area contributed by atoms with Gasteiger partial charge in [-0.2, -0.15) is 0 Å². The summed E-state index contributed by atoms with van der Waals surface area (Å²) in [5, 5.41) is 29.5. The predicted octanol–water partition coefficient (Wildman–Crippen LogP) is -1.82. The molecule has 0 aromatic carbocycles. The summed E-state index contributed by atoms with van der Waals surface area (Å²) in [5.74, 6) is 0. The summed E-state index contributed by atoms with van der Waals surface area (Å²) in [6, 6.07) is 0. The summed E-state index contributed by atoms with van der Waals surface area (Å²) in [6.07, 6.45) is 0. The van der Waals surface area contributed by atoms with Gasteiger partial charge in [-0.25, -0.2) is 0 Å². The normalized spacial score (nSPS) is 7.57. The van der Waals surface area contributed by atoms with E-state index in [1.807, 2.05) is 0 Å². The number of rotatable bonds is 0. The number of nitrogens with zero attached hydrogens (tertiary/aromatic N) is 2. The fraction of sp³-hybridized carbons (Fsp3) is 0. The molecule has 0 aliphatic heterocycles. The first-order valence-electron chi connectivity index (χ1n) is 1.76. The van der Waals surface area contributed by atoms with Crippen LogP contribution in [0.1, 0.15) is 0 Å². The van der Waals surface area contributed by atoms with E-state index in [4.69, 9.17) is 48.2 Å². The van der Waals surface area contributed by atoms with Gasteiger partial charge in [0, 0.05) is 27.5 Å². The van der Waals surface area contributed by atoms with E-state index in [9.17, 15) is 0 Å². The van der Waals surface area contributed by atoms with Gasteiger partial charge >= 0.3 is 0 Å². The Labute approximate surface area is 86.4 Å². The molecule has 0 rings (SSSR count). The van der Waals surface area contributed by atoms with Crippen molar-refractivity contribution in [2.75, 3.05) is 0 Å². The van der Waals surface area contributed by atoms with Crippen molar-refractivity contribution < 1.29 is 44.8 Å². The molecule has 0 fully saturated rings. The van der Waals surface area contributed by atoms with Crippen molar-refractivity contribution in [3.8, 4) is 0 Å². The van der Waals surface area contributed by atoms with Crippen LogP contribution in [0.3, 0.4) is 0 Å². The Bertz CT molecular complexity index is 213. The molecule has 88 valence electrons. The van der Waals surface area contributed by atoms with Gasteiger partial charge in [0.05, 0.1) is 10.2 Å². The van der Waals surface area contributed by atoms with Gasteiger partial charge in [0.1, 0.15) is 0 Å². The van der Waals surface area contributed by atoms with E-state index in [2.05, 4.69) is 0 Å². The van der Waals surface area contributed by atoms with E-state index in [1.54, 1.807) is 0 Å². The molecule has 0 saturated heterocycles. The summed E-state index contributed by atoms with van der Waals surface area (Å²) in [5.41, 5.74) is 0. The van der Waals surface area contributed by atoms with Gasteiger partial charge in [-0.1, -0.05) is 0 Å². The zero-order valence-corrected chi connectivity index (χ0v) is 7.66. The second kappa shape index (κ2) is 11.8. The van der Waals surface area contributed by atoms with Crippen molar-refractivity contribution in [1.82, 2.24) is 0 Å². The molecule has 0 spiro atoms. The van der Waals surface area contributed by atoms with Crippen LogP contribution < -0.4 is 0 Å². The summed E-state index contributed by atoms with van der Waals surface area (Å²) in [7, 11) is -5.17. The third-order valence-corrected chi connectivity index (χ3v) is 0. The van der Waals surface area contributed by atoms with E-state index < -0.39 is 20.6 Å². The standard InChI is InChI=1S/Fe.2NO3.H2O4S/c;2*2-1(3)4;1-5(2,3)4/h;;;(H2,1,2,3,4)/q;2*-1;/p-2. The molecule has 0 bridgehead atoms. The van der Waals surface area contributed by atoms with Crippen LogP contribution in [-0.4, -0.2) is 27.7 Å². The van der Waals surface area contributed by atoms with Crippen molar-refractivity contribution in [1.29, 1.82) is 0 Å². The topological polar surface area (TPSA) is 213 Å². The van der Waals surface area contributed by atoms with Crippen LogP contribution in [0.5, 0.6) is 0 Å². The van der Waals surface area contributed by atoms with Crippen LogP contribution in [0.2, 0.25) is 0 Å². The molecule has 0 aromatic heterocycles. The number of hydrogen-bond donors (Lipinski definition) is 0. The first-order chi connectivity index (χ1) is 5.46. The van der Waals surface area contributed by atoms with E-state index >= 15 is 0 Å². The molecule has 0 aromatic rings. The molecule has 12 nitrogen and oxygen atoms in total. The Hall–Kier alpha value is -1.21. The minimum Gasteiger partial charge on any atom is -0.759 e. The molecular formula is FeN2O10S-4. The van der Waals surface area contributed by atoms with Gasteiger partial charge in [-0.05, 0) is 0 Å². The summed E-state index contributed by atoms with van der Waals surface area (Å²) < 4.78 is 34.1. The SMILES string of the molecule is O=S(=O)([O-])[O-].O=[N+]([O-])[O-].O=[N+]([O-])[O-].[Fe]. The van der Waals surface area contributed by atoms with Crippen molar-refractivity contribution in [3.63, 3.8) is 0 Å². The van der Waals surface area contributed by atoms with Gasteiger partial charge < -0.3 is 39.7 Å². The van der Waals surface area contributed by atoms with Crippen LogP contribution in [0.15, 0.2) is 0 Å². The van der Waals surface area contributed by atoms with Crippen LogP contribution in [0, 0.1) is 30.6 Å². The van der Waals surface area contributed by atoms with Crippen molar-refractivity contribution in [3.05, 3.63) is 30.6 Å². The molecule has 0 aliphatic rings. The second-order valence-electron chi connectivity index (χ2n) is 0.855. The fourth-order valence-electron chi connectivity index (χ4n) is 0. The van der Waals surface area contributed by atoms with Gasteiger partial charge in [0.25, 0.3) is 0 Å². The predicted molar refractivity (Wildman–Crippen MR) is 31.2 cm³/mol. The largest absolute Gasteiger partial charge is 0.759 e. The van der Waals surface area contributed by atoms with Gasteiger partial charge in [-0.15, -0.1) is 0 Å². The average Bonchev–Trinajstić information content (AvgIpc) is 1.50. The average molecular weight is 276 g/mol. The van der Waals surface area contributed by atoms with E-state index in [0.29, 0.717) is 0 Å². The molecule has 0 saturated carbocycles. The maximum atomic E-state index is 8.52. The van der Waals surface area contributed by atoms with Crippen LogP contribution in [0.25, 0.3) is 0 Å². The summed E-state index contributed by atoms with van der Waals surface area (Å²) >= 11 is 0. The molecule has 14 heavy (non-hydrogen) atoms. The Morgan fingerprint density at radius 3 is 0.786 bits per heavy atom. The minimum atomic E-state index is -5.17. The van der Waals surface area contributed by atoms with Crippen LogP contribution in [0.4, 0.5) is 0 Å². The molecule has 14 heteroatoms. The Balaban J connectivity index is -0.0000000522. The quantitative estimate of drug-likeness (QED) is 0.158. The maximum absolute atomic E-state index is 8.52. The Morgan fingerprint density at radius 2 is 0.786 bits per heavy atom. The van der Waals surface area contributed by atoms with E-state index in [0.717, 1.165) is 0 Å². The molecule has 0 N–H and O–H groups in total. The second-order valence-corrected chi connectivity index (χ2v) is 1.67. The smallest absolute Gasteiger partial charge is 0.0689 e. The monoisotopic (exact) mass is 276 g/mol. The summed E-state index contributed by atoms with van der Waals surface area (Å²) in [6.45, 7) is 0. The molecule has 0 aliphatic carbocycles. The first kappa shape index (κ1) is 23.0. The summed E-state index contributed by atoms with van der Waals surface area (Å²) in [4.78, 5) is 16.5. The van der Waals surface area contributed by atoms with Crippen LogP contribution >= 0.6 is 0 Å². The molecule has 0 unspecified atom stereocenters. The minimum absolute atomic E-state index is 0. The fourth-order valence-corrected chi connectivity index (χ4v) is 0. The van der Waals surface area contributed by atoms with Gasteiger partial charge in [-0.3, -0.25) is 8.42 Å². The molecule has 0 heterocycles. The third kappa shape index (κ3) is 706. The van der Waals surface area contributed by atoms with Crippen molar-refractivity contribution in [2.45, 2.75) is 0 Å². The Kier molecular flexibility index (Phi) is 19.4. The van der Waals surface area contributed by atoms with Gasteiger partial charge in [0.15, 0.2) is 0 Å².